The van der Waals surface area contributed by atoms with Gasteiger partial charge in [-0.3, -0.25) is 0 Å². The van der Waals surface area contributed by atoms with Crippen LogP contribution >= 0.6 is 0 Å². The molecule has 1 fully saturated rings. The van der Waals surface area contributed by atoms with Crippen LogP contribution in [0, 0.1) is 17.2 Å². The van der Waals surface area contributed by atoms with Crippen molar-refractivity contribution in [3.05, 3.63) is 17.8 Å². The molecule has 0 bridgehead atoms. The number of piperidine rings is 1. The molecule has 17 heavy (non-hydrogen) atoms. The molecule has 1 unspecified atom stereocenters. The molecule has 5 nitrogen and oxygen atoms in total. The zero-order valence-corrected chi connectivity index (χ0v) is 9.63. The monoisotopic (exact) mass is 232 g/mol. The van der Waals surface area contributed by atoms with E-state index in [-0.39, 0.29) is 12.5 Å². The van der Waals surface area contributed by atoms with Crippen molar-refractivity contribution < 1.29 is 5.11 Å². The van der Waals surface area contributed by atoms with Crippen molar-refractivity contribution in [3.63, 3.8) is 0 Å². The minimum atomic E-state index is 0.188. The summed E-state index contributed by atoms with van der Waals surface area (Å²) in [5, 5.41) is 18.3. The van der Waals surface area contributed by atoms with Crippen LogP contribution in [0.4, 0.5) is 11.5 Å². The Bertz CT molecular complexity index is 441. The van der Waals surface area contributed by atoms with E-state index in [4.69, 9.17) is 11.0 Å². The van der Waals surface area contributed by atoms with Gasteiger partial charge in [-0.15, -0.1) is 0 Å². The van der Waals surface area contributed by atoms with E-state index in [1.165, 1.54) is 0 Å². The Balaban J connectivity index is 2.24. The Morgan fingerprint density at radius 2 is 2.47 bits per heavy atom. The van der Waals surface area contributed by atoms with Crippen LogP contribution in [0.3, 0.4) is 0 Å². The molecular formula is C12H16N4O. The van der Waals surface area contributed by atoms with E-state index in [1.54, 1.807) is 12.3 Å². The smallest absolute Gasteiger partial charge is 0.146 e. The molecule has 0 aliphatic carbocycles. The molecule has 2 rings (SSSR count). The number of aliphatic hydroxyl groups is 1. The summed E-state index contributed by atoms with van der Waals surface area (Å²) < 4.78 is 0. The summed E-state index contributed by atoms with van der Waals surface area (Å²) in [5.74, 6) is 0.953. The average Bonchev–Trinajstić information content (AvgIpc) is 2.38. The van der Waals surface area contributed by atoms with Crippen molar-refractivity contribution in [1.29, 1.82) is 5.26 Å². The van der Waals surface area contributed by atoms with Crippen LogP contribution in [-0.4, -0.2) is 29.8 Å². The highest BCUT2D eigenvalue weighted by atomic mass is 16.3. The van der Waals surface area contributed by atoms with Gasteiger partial charge in [-0.1, -0.05) is 0 Å². The molecule has 1 saturated heterocycles. The molecular weight excluding hydrogens is 216 g/mol. The normalized spacial score (nSPS) is 20.0. The minimum absolute atomic E-state index is 0.188. The minimum Gasteiger partial charge on any atom is -0.397 e. The number of rotatable bonds is 2. The number of nitrogen functional groups attached to an aromatic ring is 1. The van der Waals surface area contributed by atoms with Gasteiger partial charge in [-0.05, 0) is 24.8 Å². The summed E-state index contributed by atoms with van der Waals surface area (Å²) in [5.41, 5.74) is 6.62. The second-order valence-corrected chi connectivity index (χ2v) is 4.39. The fourth-order valence-corrected chi connectivity index (χ4v) is 2.21. The Hall–Kier alpha value is -1.80. The zero-order valence-electron chi connectivity index (χ0n) is 9.63. The molecule has 5 heteroatoms. The number of hydrogen-bond donors (Lipinski definition) is 2. The molecule has 1 aliphatic rings. The SMILES string of the molecule is N#Cc1cc(N)cnc1N1CCCC(CO)C1. The van der Waals surface area contributed by atoms with Crippen LogP contribution < -0.4 is 10.6 Å². The van der Waals surface area contributed by atoms with Gasteiger partial charge >= 0.3 is 0 Å². The van der Waals surface area contributed by atoms with Crippen LogP contribution in [0.15, 0.2) is 12.3 Å². The molecule has 1 atom stereocenters. The molecule has 3 N–H and O–H groups in total. The van der Waals surface area contributed by atoms with Crippen LogP contribution in [0.25, 0.3) is 0 Å². The van der Waals surface area contributed by atoms with E-state index in [9.17, 15) is 5.11 Å². The van der Waals surface area contributed by atoms with Crippen LogP contribution in [0.2, 0.25) is 0 Å². The van der Waals surface area contributed by atoms with Crippen LogP contribution in [0.1, 0.15) is 18.4 Å². The maximum atomic E-state index is 9.19. The second kappa shape index (κ2) is 5.02. The number of hydrogen-bond acceptors (Lipinski definition) is 5. The Morgan fingerprint density at radius 1 is 1.65 bits per heavy atom. The summed E-state index contributed by atoms with van der Waals surface area (Å²) >= 11 is 0. The van der Waals surface area contributed by atoms with Gasteiger partial charge in [0.25, 0.3) is 0 Å². The van der Waals surface area contributed by atoms with Crippen molar-refractivity contribution >= 4 is 11.5 Å². The highest BCUT2D eigenvalue weighted by Gasteiger charge is 2.22. The topological polar surface area (TPSA) is 86.2 Å². The number of aliphatic hydroxyl groups excluding tert-OH is 1. The van der Waals surface area contributed by atoms with Crippen molar-refractivity contribution in [3.8, 4) is 6.07 Å². The molecule has 0 radical (unpaired) electrons. The van der Waals surface area contributed by atoms with Crippen molar-refractivity contribution in [1.82, 2.24) is 4.98 Å². The summed E-state index contributed by atoms with van der Waals surface area (Å²) in [4.78, 5) is 6.30. The fraction of sp³-hybridized carbons (Fsp3) is 0.500. The number of nitriles is 1. The van der Waals surface area contributed by atoms with E-state index in [0.717, 1.165) is 25.9 Å². The molecule has 0 aromatic carbocycles. The first-order valence-corrected chi connectivity index (χ1v) is 5.76. The molecule has 2 heterocycles. The largest absolute Gasteiger partial charge is 0.397 e. The quantitative estimate of drug-likeness (QED) is 0.785. The predicted molar refractivity (Wildman–Crippen MR) is 65.4 cm³/mol. The van der Waals surface area contributed by atoms with Crippen LogP contribution in [0.5, 0.6) is 0 Å². The first-order valence-electron chi connectivity index (χ1n) is 5.76. The third-order valence-corrected chi connectivity index (χ3v) is 3.08. The third-order valence-electron chi connectivity index (χ3n) is 3.08. The van der Waals surface area contributed by atoms with Gasteiger partial charge in [0.1, 0.15) is 11.9 Å². The van der Waals surface area contributed by atoms with Gasteiger partial charge in [0.05, 0.1) is 17.4 Å². The number of nitrogens with two attached hydrogens (primary N) is 1. The average molecular weight is 232 g/mol. The van der Waals surface area contributed by atoms with Gasteiger partial charge in [-0.25, -0.2) is 4.98 Å². The molecule has 1 aromatic heterocycles. The highest BCUT2D eigenvalue weighted by molar-refractivity contribution is 5.59. The number of pyridine rings is 1. The molecule has 0 saturated carbocycles. The van der Waals surface area contributed by atoms with E-state index < -0.39 is 0 Å². The number of anilines is 2. The molecule has 0 spiro atoms. The Kier molecular flexibility index (Phi) is 3.45. The van der Waals surface area contributed by atoms with Gasteiger partial charge in [0.2, 0.25) is 0 Å². The van der Waals surface area contributed by atoms with Crippen molar-refractivity contribution in [2.45, 2.75) is 12.8 Å². The molecule has 0 amide bonds. The first-order chi connectivity index (χ1) is 8.24. The lowest BCUT2D eigenvalue weighted by molar-refractivity contribution is 0.208. The maximum absolute atomic E-state index is 9.19. The summed E-state index contributed by atoms with van der Waals surface area (Å²) in [7, 11) is 0. The Labute approximate surface area is 100 Å². The number of nitrogens with zero attached hydrogens (tertiary/aromatic N) is 3. The summed E-state index contributed by atoms with van der Waals surface area (Å²) in [6.45, 7) is 1.82. The van der Waals surface area contributed by atoms with Gasteiger partial charge < -0.3 is 15.7 Å². The summed E-state index contributed by atoms with van der Waals surface area (Å²) in [6, 6.07) is 3.76. The molecule has 1 aromatic rings. The van der Waals surface area contributed by atoms with E-state index in [1.807, 2.05) is 0 Å². The second-order valence-electron chi connectivity index (χ2n) is 4.39. The van der Waals surface area contributed by atoms with E-state index in [2.05, 4.69) is 16.0 Å². The Morgan fingerprint density at radius 3 is 3.18 bits per heavy atom. The maximum Gasteiger partial charge on any atom is 0.146 e. The van der Waals surface area contributed by atoms with Crippen molar-refractivity contribution in [2.24, 2.45) is 5.92 Å². The zero-order chi connectivity index (χ0) is 12.3. The fourth-order valence-electron chi connectivity index (χ4n) is 2.21. The van der Waals surface area contributed by atoms with E-state index >= 15 is 0 Å². The highest BCUT2D eigenvalue weighted by Crippen LogP contribution is 2.25. The van der Waals surface area contributed by atoms with Crippen LogP contribution in [-0.2, 0) is 0 Å². The third kappa shape index (κ3) is 2.48. The number of aromatic nitrogens is 1. The van der Waals surface area contributed by atoms with E-state index in [0.29, 0.717) is 17.1 Å². The van der Waals surface area contributed by atoms with Crippen molar-refractivity contribution in [2.75, 3.05) is 30.3 Å². The molecule has 90 valence electrons. The van der Waals surface area contributed by atoms with Gasteiger partial charge in [0.15, 0.2) is 0 Å². The standard InChI is InChI=1S/C12H16N4O/c13-5-10-4-11(14)6-15-12(10)16-3-1-2-9(7-16)8-17/h4,6,9,17H,1-3,7-8,14H2. The van der Waals surface area contributed by atoms with Gasteiger partial charge in [0, 0.05) is 19.7 Å². The summed E-state index contributed by atoms with van der Waals surface area (Å²) in [6.07, 6.45) is 3.62. The lowest BCUT2D eigenvalue weighted by Gasteiger charge is -2.33. The molecule has 1 aliphatic heterocycles. The first kappa shape index (κ1) is 11.7. The lowest BCUT2D eigenvalue weighted by atomic mass is 9.99. The lowest BCUT2D eigenvalue weighted by Crippen LogP contribution is -2.37. The van der Waals surface area contributed by atoms with Gasteiger partial charge in [-0.2, -0.15) is 5.26 Å². The predicted octanol–water partition coefficient (Wildman–Crippen LogP) is 0.744.